The lowest BCUT2D eigenvalue weighted by Crippen LogP contribution is -2.25. The van der Waals surface area contributed by atoms with Crippen LogP contribution in [0.4, 0.5) is 5.95 Å². The number of nitrogen functional groups attached to an aromatic ring is 1. The van der Waals surface area contributed by atoms with Crippen LogP contribution < -0.4 is 16.9 Å². The lowest BCUT2D eigenvalue weighted by molar-refractivity contribution is 0.519. The molecule has 0 fully saturated rings. The molecule has 3 heterocycles. The number of para-hydroxylation sites is 1. The molecule has 138 valence electrons. The number of H-pyrrole nitrogens is 1. The van der Waals surface area contributed by atoms with E-state index in [0.29, 0.717) is 27.5 Å². The van der Waals surface area contributed by atoms with E-state index in [9.17, 15) is 9.59 Å². The number of nitrogens with one attached hydrogen (secondary N) is 1. The highest BCUT2D eigenvalue weighted by Crippen LogP contribution is 2.23. The number of rotatable bonds is 4. The van der Waals surface area contributed by atoms with Crippen LogP contribution in [0.2, 0.25) is 0 Å². The summed E-state index contributed by atoms with van der Waals surface area (Å²) >= 11 is 1.35. The molecule has 0 spiro atoms. The standard InChI is InChI=1S/C17H17N7O2S/c1-9(2)23-14(26)11-5-3-4-6-12(11)20-17(23)27-8-10-7-13(25)24-16(19-10)21-15(18)22-24/h3-7,9H,8H2,1-2H3,(H3,18,19,21,22). The van der Waals surface area contributed by atoms with Gasteiger partial charge < -0.3 is 5.73 Å². The normalized spacial score (nSPS) is 11.7. The van der Waals surface area contributed by atoms with Crippen molar-refractivity contribution >= 4 is 34.4 Å². The molecule has 9 nitrogen and oxygen atoms in total. The third kappa shape index (κ3) is 3.08. The van der Waals surface area contributed by atoms with Crippen molar-refractivity contribution in [3.8, 4) is 0 Å². The first-order valence-electron chi connectivity index (χ1n) is 8.32. The number of nitrogens with two attached hydrogens (primary N) is 1. The number of thioether (sulfide) groups is 1. The summed E-state index contributed by atoms with van der Waals surface area (Å²) in [5, 5.41) is 3.79. The quantitative estimate of drug-likeness (QED) is 0.405. The van der Waals surface area contributed by atoms with Crippen LogP contribution in [0.5, 0.6) is 0 Å². The topological polar surface area (TPSA) is 124 Å². The molecule has 10 heteroatoms. The Morgan fingerprint density at radius 2 is 1.96 bits per heavy atom. The molecule has 0 bridgehead atoms. The molecule has 4 aromatic rings. The fraction of sp³-hybridized carbons (Fsp3) is 0.235. The molecule has 4 rings (SSSR count). The van der Waals surface area contributed by atoms with Crippen molar-refractivity contribution in [1.29, 1.82) is 0 Å². The lowest BCUT2D eigenvalue weighted by atomic mass is 10.2. The van der Waals surface area contributed by atoms with Gasteiger partial charge in [0.05, 0.1) is 16.6 Å². The molecule has 0 aliphatic rings. The fourth-order valence-electron chi connectivity index (χ4n) is 2.84. The van der Waals surface area contributed by atoms with Crippen LogP contribution in [-0.2, 0) is 5.75 Å². The first-order valence-corrected chi connectivity index (χ1v) is 9.31. The highest BCUT2D eigenvalue weighted by atomic mass is 32.2. The highest BCUT2D eigenvalue weighted by Gasteiger charge is 2.15. The van der Waals surface area contributed by atoms with E-state index >= 15 is 0 Å². The Balaban J connectivity index is 1.74. The molecule has 1 aromatic carbocycles. The zero-order valence-electron chi connectivity index (χ0n) is 14.7. The van der Waals surface area contributed by atoms with E-state index in [2.05, 4.69) is 20.1 Å². The van der Waals surface area contributed by atoms with Crippen LogP contribution in [0.1, 0.15) is 25.6 Å². The summed E-state index contributed by atoms with van der Waals surface area (Å²) in [4.78, 5) is 37.9. The SMILES string of the molecule is CC(C)n1c(SCc2cc(=O)n3[nH]c(N)nc3n2)nc2ccccc2c1=O. The third-order valence-corrected chi connectivity index (χ3v) is 5.03. The number of hydrogen-bond donors (Lipinski definition) is 2. The fourth-order valence-corrected chi connectivity index (χ4v) is 3.86. The molecule has 3 aromatic heterocycles. The predicted octanol–water partition coefficient (Wildman–Crippen LogP) is 1.58. The van der Waals surface area contributed by atoms with Gasteiger partial charge >= 0.3 is 0 Å². The van der Waals surface area contributed by atoms with Crippen LogP contribution in [0.25, 0.3) is 16.7 Å². The molecule has 0 amide bonds. The number of hydrogen-bond acceptors (Lipinski definition) is 7. The minimum Gasteiger partial charge on any atom is -0.368 e. The second-order valence-electron chi connectivity index (χ2n) is 6.30. The van der Waals surface area contributed by atoms with Gasteiger partial charge in [0.25, 0.3) is 16.9 Å². The largest absolute Gasteiger partial charge is 0.368 e. The van der Waals surface area contributed by atoms with Crippen molar-refractivity contribution in [2.45, 2.75) is 30.8 Å². The average Bonchev–Trinajstić information content (AvgIpc) is 3.00. The molecule has 0 aliphatic heterocycles. The molecular weight excluding hydrogens is 366 g/mol. The molecule has 0 saturated carbocycles. The summed E-state index contributed by atoms with van der Waals surface area (Å²) in [7, 11) is 0. The predicted molar refractivity (Wildman–Crippen MR) is 104 cm³/mol. The van der Waals surface area contributed by atoms with Gasteiger partial charge in [0.2, 0.25) is 5.95 Å². The zero-order chi connectivity index (χ0) is 19.1. The minimum absolute atomic E-state index is 0.0516. The summed E-state index contributed by atoms with van der Waals surface area (Å²) in [6, 6.07) is 8.62. The van der Waals surface area contributed by atoms with E-state index in [0.717, 1.165) is 0 Å². The number of anilines is 1. The third-order valence-electron chi connectivity index (χ3n) is 4.04. The van der Waals surface area contributed by atoms with Crippen molar-refractivity contribution in [3.63, 3.8) is 0 Å². The Labute approximate surface area is 157 Å². The summed E-state index contributed by atoms with van der Waals surface area (Å²) in [6.07, 6.45) is 0. The zero-order valence-corrected chi connectivity index (χ0v) is 15.5. The summed E-state index contributed by atoms with van der Waals surface area (Å²) < 4.78 is 2.84. The number of fused-ring (bicyclic) bond motifs is 2. The van der Waals surface area contributed by atoms with Gasteiger partial charge in [0.1, 0.15) is 0 Å². The van der Waals surface area contributed by atoms with Gasteiger partial charge in [-0.1, -0.05) is 23.9 Å². The molecule has 0 aliphatic carbocycles. The van der Waals surface area contributed by atoms with Gasteiger partial charge in [-0.3, -0.25) is 19.3 Å². The molecule has 3 N–H and O–H groups in total. The number of benzene rings is 1. The summed E-state index contributed by atoms with van der Waals surface area (Å²) in [6.45, 7) is 3.87. The maximum Gasteiger partial charge on any atom is 0.274 e. The Kier molecular flexibility index (Phi) is 4.19. The maximum atomic E-state index is 12.8. The van der Waals surface area contributed by atoms with Gasteiger partial charge in [-0.15, -0.1) is 0 Å². The van der Waals surface area contributed by atoms with E-state index in [1.54, 1.807) is 10.6 Å². The van der Waals surface area contributed by atoms with Crippen LogP contribution in [0, 0.1) is 0 Å². The maximum absolute atomic E-state index is 12.8. The molecular formula is C17H17N7O2S. The summed E-state index contributed by atoms with van der Waals surface area (Å²) in [5.74, 6) is 0.702. The van der Waals surface area contributed by atoms with E-state index in [1.165, 1.54) is 22.3 Å². The molecule has 0 radical (unpaired) electrons. The van der Waals surface area contributed by atoms with Crippen molar-refractivity contribution < 1.29 is 0 Å². The molecule has 0 unspecified atom stereocenters. The van der Waals surface area contributed by atoms with E-state index in [-0.39, 0.29) is 28.9 Å². The first kappa shape index (κ1) is 17.3. The smallest absolute Gasteiger partial charge is 0.274 e. The lowest BCUT2D eigenvalue weighted by Gasteiger charge is -2.15. The van der Waals surface area contributed by atoms with E-state index < -0.39 is 0 Å². The monoisotopic (exact) mass is 383 g/mol. The minimum atomic E-state index is -0.299. The molecule has 0 saturated heterocycles. The van der Waals surface area contributed by atoms with Crippen LogP contribution in [0.3, 0.4) is 0 Å². The van der Waals surface area contributed by atoms with E-state index in [4.69, 9.17) is 5.73 Å². The number of aromatic nitrogens is 6. The van der Waals surface area contributed by atoms with E-state index in [1.807, 2.05) is 32.0 Å². The molecule has 27 heavy (non-hydrogen) atoms. The first-order chi connectivity index (χ1) is 12.9. The van der Waals surface area contributed by atoms with Crippen molar-refractivity contribution in [2.24, 2.45) is 0 Å². The Hall–Kier alpha value is -3.14. The van der Waals surface area contributed by atoms with Crippen molar-refractivity contribution in [1.82, 2.24) is 29.1 Å². The van der Waals surface area contributed by atoms with Gasteiger partial charge in [0, 0.05) is 17.9 Å². The van der Waals surface area contributed by atoms with Crippen LogP contribution >= 0.6 is 11.8 Å². The van der Waals surface area contributed by atoms with Gasteiger partial charge in [-0.25, -0.2) is 9.97 Å². The van der Waals surface area contributed by atoms with Crippen molar-refractivity contribution in [2.75, 3.05) is 5.73 Å². The number of nitrogens with zero attached hydrogens (tertiary/aromatic N) is 5. The Morgan fingerprint density at radius 1 is 1.19 bits per heavy atom. The van der Waals surface area contributed by atoms with Crippen LogP contribution in [-0.4, -0.2) is 29.1 Å². The second kappa shape index (κ2) is 6.54. The highest BCUT2D eigenvalue weighted by molar-refractivity contribution is 7.98. The van der Waals surface area contributed by atoms with Gasteiger partial charge in [-0.05, 0) is 26.0 Å². The second-order valence-corrected chi connectivity index (χ2v) is 7.24. The molecule has 0 atom stereocenters. The summed E-state index contributed by atoms with van der Waals surface area (Å²) in [5.41, 5.74) is 6.38. The Morgan fingerprint density at radius 3 is 2.74 bits per heavy atom. The van der Waals surface area contributed by atoms with Gasteiger partial charge in [0.15, 0.2) is 5.16 Å². The van der Waals surface area contributed by atoms with Gasteiger partial charge in [-0.2, -0.15) is 9.50 Å². The Bertz CT molecular complexity index is 1270. The van der Waals surface area contributed by atoms with Crippen LogP contribution in [0.15, 0.2) is 45.1 Å². The number of aromatic amines is 1. The van der Waals surface area contributed by atoms with Crippen molar-refractivity contribution in [3.05, 3.63) is 56.7 Å². The average molecular weight is 383 g/mol.